The van der Waals surface area contributed by atoms with Crippen molar-refractivity contribution in [3.05, 3.63) is 86.6 Å². The Morgan fingerprint density at radius 2 is 1.86 bits per heavy atom. The van der Waals surface area contributed by atoms with E-state index in [1.165, 1.54) is 12.1 Å². The first kappa shape index (κ1) is 21.3. The molecule has 0 aliphatic carbocycles. The first-order chi connectivity index (χ1) is 14.0. The molecule has 29 heavy (non-hydrogen) atoms. The van der Waals surface area contributed by atoms with E-state index >= 15 is 0 Å². The Balaban J connectivity index is 1.84. The van der Waals surface area contributed by atoms with Crippen molar-refractivity contribution in [3.8, 4) is 11.5 Å². The van der Waals surface area contributed by atoms with Crippen LogP contribution in [0.5, 0.6) is 11.5 Å². The summed E-state index contributed by atoms with van der Waals surface area (Å²) < 4.78 is 25.5. The lowest BCUT2D eigenvalue weighted by Gasteiger charge is -2.15. The van der Waals surface area contributed by atoms with Crippen LogP contribution in [-0.4, -0.2) is 12.8 Å². The normalized spacial score (nSPS) is 11.1. The maximum atomic E-state index is 13.1. The van der Waals surface area contributed by atoms with Crippen molar-refractivity contribution in [2.75, 3.05) is 6.61 Å². The molecule has 6 heteroatoms. The molecule has 0 aliphatic rings. The van der Waals surface area contributed by atoms with Crippen LogP contribution in [0, 0.1) is 12.7 Å². The maximum Gasteiger partial charge on any atom is 0.175 e. The predicted octanol–water partition coefficient (Wildman–Crippen LogP) is 7.28. The van der Waals surface area contributed by atoms with Gasteiger partial charge in [-0.2, -0.15) is 0 Å². The van der Waals surface area contributed by atoms with Crippen LogP contribution in [0.25, 0.3) is 0 Å². The van der Waals surface area contributed by atoms with E-state index in [4.69, 9.17) is 21.1 Å². The fourth-order valence-electron chi connectivity index (χ4n) is 2.68. The quantitative estimate of drug-likeness (QED) is 0.335. The minimum atomic E-state index is -0.275. The summed E-state index contributed by atoms with van der Waals surface area (Å²) in [4.78, 5) is 4.55. The number of ether oxygens (including phenoxy) is 2. The Labute approximate surface area is 183 Å². The van der Waals surface area contributed by atoms with Gasteiger partial charge in [0.25, 0.3) is 0 Å². The molecule has 0 heterocycles. The van der Waals surface area contributed by atoms with Crippen molar-refractivity contribution < 1.29 is 13.9 Å². The van der Waals surface area contributed by atoms with Gasteiger partial charge in [-0.3, -0.25) is 4.99 Å². The summed E-state index contributed by atoms with van der Waals surface area (Å²) in [5.41, 5.74) is 3.45. The van der Waals surface area contributed by atoms with E-state index in [1.807, 2.05) is 44.2 Å². The molecule has 0 amide bonds. The Kier molecular flexibility index (Phi) is 7.29. The van der Waals surface area contributed by atoms with Crippen molar-refractivity contribution in [1.29, 1.82) is 0 Å². The van der Waals surface area contributed by atoms with Gasteiger partial charge in [-0.25, -0.2) is 4.39 Å². The minimum absolute atomic E-state index is 0.275. The SMILES string of the molecule is CCOc1cc(C=Nc2cccc(Cl)c2C)cc(Br)c1OCc1ccc(F)cc1. The van der Waals surface area contributed by atoms with Crippen molar-refractivity contribution in [2.45, 2.75) is 20.5 Å². The molecule has 3 rings (SSSR count). The van der Waals surface area contributed by atoms with E-state index in [1.54, 1.807) is 18.3 Å². The Morgan fingerprint density at radius 1 is 1.10 bits per heavy atom. The summed E-state index contributed by atoms with van der Waals surface area (Å²) >= 11 is 9.72. The lowest BCUT2D eigenvalue weighted by atomic mass is 10.2. The van der Waals surface area contributed by atoms with Gasteiger partial charge in [0.05, 0.1) is 16.8 Å². The second-order valence-corrected chi connectivity index (χ2v) is 7.58. The highest BCUT2D eigenvalue weighted by Crippen LogP contribution is 2.37. The molecule has 150 valence electrons. The van der Waals surface area contributed by atoms with Gasteiger partial charge in [-0.15, -0.1) is 0 Å². The molecule has 3 aromatic carbocycles. The monoisotopic (exact) mass is 475 g/mol. The van der Waals surface area contributed by atoms with Crippen molar-refractivity contribution in [2.24, 2.45) is 4.99 Å². The molecule has 0 unspecified atom stereocenters. The zero-order valence-electron chi connectivity index (χ0n) is 16.1. The standard InChI is InChI=1S/C23H20BrClFNO2/c1-3-28-22-12-17(13-27-21-6-4-5-20(25)15(21)2)11-19(24)23(22)29-14-16-7-9-18(26)10-8-16/h4-13H,3,14H2,1-2H3. The number of nitrogens with zero attached hydrogens (tertiary/aromatic N) is 1. The van der Waals surface area contributed by atoms with Gasteiger partial charge < -0.3 is 9.47 Å². The van der Waals surface area contributed by atoms with Crippen LogP contribution in [0.3, 0.4) is 0 Å². The summed E-state index contributed by atoms with van der Waals surface area (Å²) in [6.45, 7) is 4.64. The molecule has 0 saturated heterocycles. The van der Waals surface area contributed by atoms with Crippen LogP contribution in [-0.2, 0) is 6.61 Å². The summed E-state index contributed by atoms with van der Waals surface area (Å²) in [6, 6.07) is 15.6. The molecule has 0 fully saturated rings. The Bertz CT molecular complexity index is 1020. The van der Waals surface area contributed by atoms with Crippen molar-refractivity contribution >= 4 is 39.4 Å². The van der Waals surface area contributed by atoms with Gasteiger partial charge in [0.2, 0.25) is 0 Å². The highest BCUT2D eigenvalue weighted by molar-refractivity contribution is 9.10. The van der Waals surface area contributed by atoms with E-state index in [0.717, 1.165) is 26.9 Å². The fourth-order valence-corrected chi connectivity index (χ4v) is 3.43. The van der Waals surface area contributed by atoms with Crippen molar-refractivity contribution in [1.82, 2.24) is 0 Å². The molecular formula is C23H20BrClFNO2. The van der Waals surface area contributed by atoms with E-state index in [9.17, 15) is 4.39 Å². The number of hydrogen-bond acceptors (Lipinski definition) is 3. The highest BCUT2D eigenvalue weighted by atomic mass is 79.9. The smallest absolute Gasteiger partial charge is 0.175 e. The van der Waals surface area contributed by atoms with Gasteiger partial charge in [-0.05, 0) is 82.9 Å². The van der Waals surface area contributed by atoms with E-state index in [2.05, 4.69) is 20.9 Å². The molecule has 3 aromatic rings. The van der Waals surface area contributed by atoms with Gasteiger partial charge >= 0.3 is 0 Å². The summed E-state index contributed by atoms with van der Waals surface area (Å²) in [5.74, 6) is 0.920. The van der Waals surface area contributed by atoms with E-state index < -0.39 is 0 Å². The fraction of sp³-hybridized carbons (Fsp3) is 0.174. The number of rotatable bonds is 7. The summed E-state index contributed by atoms with van der Waals surface area (Å²) in [6.07, 6.45) is 1.76. The van der Waals surface area contributed by atoms with Gasteiger partial charge in [0.1, 0.15) is 12.4 Å². The second-order valence-electron chi connectivity index (χ2n) is 6.32. The molecule has 0 saturated carbocycles. The zero-order chi connectivity index (χ0) is 20.8. The molecule has 0 radical (unpaired) electrons. The molecule has 0 N–H and O–H groups in total. The zero-order valence-corrected chi connectivity index (χ0v) is 18.4. The number of aliphatic imine (C=N–C) groups is 1. The molecule has 0 atom stereocenters. The average molecular weight is 477 g/mol. The third-order valence-electron chi connectivity index (χ3n) is 4.22. The molecule has 0 aliphatic heterocycles. The molecule has 0 bridgehead atoms. The third kappa shape index (κ3) is 5.58. The second kappa shape index (κ2) is 9.90. The van der Waals surface area contributed by atoms with Gasteiger partial charge in [-0.1, -0.05) is 29.8 Å². The van der Waals surface area contributed by atoms with Crippen molar-refractivity contribution in [3.63, 3.8) is 0 Å². The number of hydrogen-bond donors (Lipinski definition) is 0. The number of benzene rings is 3. The minimum Gasteiger partial charge on any atom is -0.490 e. The lowest BCUT2D eigenvalue weighted by Crippen LogP contribution is -2.01. The summed E-state index contributed by atoms with van der Waals surface area (Å²) in [7, 11) is 0. The highest BCUT2D eigenvalue weighted by Gasteiger charge is 2.12. The first-order valence-corrected chi connectivity index (χ1v) is 10.3. The first-order valence-electron chi connectivity index (χ1n) is 9.10. The predicted molar refractivity (Wildman–Crippen MR) is 119 cm³/mol. The maximum absolute atomic E-state index is 13.1. The van der Waals surface area contributed by atoms with Crippen LogP contribution in [0.2, 0.25) is 5.02 Å². The largest absolute Gasteiger partial charge is 0.490 e. The van der Waals surface area contributed by atoms with Crippen LogP contribution in [0.4, 0.5) is 10.1 Å². The topological polar surface area (TPSA) is 30.8 Å². The molecule has 0 spiro atoms. The van der Waals surface area contributed by atoms with E-state index in [0.29, 0.717) is 29.7 Å². The number of halogens is 3. The van der Waals surface area contributed by atoms with Crippen LogP contribution in [0.15, 0.2) is 64.1 Å². The third-order valence-corrected chi connectivity index (χ3v) is 5.22. The van der Waals surface area contributed by atoms with Crippen LogP contribution >= 0.6 is 27.5 Å². The van der Waals surface area contributed by atoms with Gasteiger partial charge in [0, 0.05) is 11.2 Å². The molecule has 0 aromatic heterocycles. The molecular weight excluding hydrogens is 457 g/mol. The Morgan fingerprint density at radius 3 is 2.59 bits per heavy atom. The van der Waals surface area contributed by atoms with Crippen LogP contribution in [0.1, 0.15) is 23.6 Å². The van der Waals surface area contributed by atoms with Crippen LogP contribution < -0.4 is 9.47 Å². The lowest BCUT2D eigenvalue weighted by molar-refractivity contribution is 0.267. The summed E-state index contributed by atoms with van der Waals surface area (Å²) in [5, 5.41) is 0.681. The van der Waals surface area contributed by atoms with E-state index in [-0.39, 0.29) is 5.82 Å². The average Bonchev–Trinajstić information content (AvgIpc) is 2.70. The Hall–Kier alpha value is -2.37. The van der Waals surface area contributed by atoms with Gasteiger partial charge in [0.15, 0.2) is 11.5 Å². The molecule has 3 nitrogen and oxygen atoms in total.